The Morgan fingerprint density at radius 2 is 1.69 bits per heavy atom. The molecule has 0 aliphatic carbocycles. The maximum Gasteiger partial charge on any atom is 0.270 e. The summed E-state index contributed by atoms with van der Waals surface area (Å²) in [6.07, 6.45) is 1.69. The molecule has 2 amide bonds. The number of fused-ring (bicyclic) bond motifs is 1. The standard InChI is InChI=1S/C24H22N4O3S/c29-15-19-7-8-21(32-19)16-3-5-17(6-4-16)23(30)27-10-12-28(13-11-27)24(31)20-14-18-2-1-9-25-22(18)26-20/h1-9,14,29H,10-13,15H2,(H,25,26). The summed E-state index contributed by atoms with van der Waals surface area (Å²) in [6, 6.07) is 17.0. The number of aromatic amines is 1. The van der Waals surface area contributed by atoms with E-state index in [0.29, 0.717) is 43.1 Å². The molecule has 3 aromatic heterocycles. The summed E-state index contributed by atoms with van der Waals surface area (Å²) in [4.78, 5) is 38.7. The van der Waals surface area contributed by atoms with E-state index in [0.717, 1.165) is 20.7 Å². The number of pyridine rings is 1. The van der Waals surface area contributed by atoms with Crippen LogP contribution in [0.2, 0.25) is 0 Å². The van der Waals surface area contributed by atoms with Crippen molar-refractivity contribution in [3.8, 4) is 10.4 Å². The van der Waals surface area contributed by atoms with Gasteiger partial charge in [-0.15, -0.1) is 11.3 Å². The molecule has 32 heavy (non-hydrogen) atoms. The second-order valence-electron chi connectivity index (χ2n) is 7.71. The lowest BCUT2D eigenvalue weighted by Gasteiger charge is -2.34. The normalized spacial score (nSPS) is 14.2. The van der Waals surface area contributed by atoms with Crippen LogP contribution in [0, 0.1) is 0 Å². The van der Waals surface area contributed by atoms with Crippen molar-refractivity contribution in [3.63, 3.8) is 0 Å². The highest BCUT2D eigenvalue weighted by atomic mass is 32.1. The number of carbonyl (C=O) groups excluding carboxylic acids is 2. The molecule has 5 rings (SSSR count). The summed E-state index contributed by atoms with van der Waals surface area (Å²) in [5, 5.41) is 10.1. The third-order valence-corrected chi connectivity index (χ3v) is 6.83. The highest BCUT2D eigenvalue weighted by molar-refractivity contribution is 7.15. The molecule has 4 aromatic rings. The van der Waals surface area contributed by atoms with Crippen LogP contribution in [-0.2, 0) is 6.61 Å². The number of hydrogen-bond acceptors (Lipinski definition) is 5. The third kappa shape index (κ3) is 3.90. The van der Waals surface area contributed by atoms with Gasteiger partial charge in [0.05, 0.1) is 6.61 Å². The molecule has 0 saturated carbocycles. The van der Waals surface area contributed by atoms with Crippen molar-refractivity contribution < 1.29 is 14.7 Å². The second kappa shape index (κ2) is 8.57. The number of nitrogens with one attached hydrogen (secondary N) is 1. The quantitative estimate of drug-likeness (QED) is 0.503. The molecule has 1 aromatic carbocycles. The number of aliphatic hydroxyl groups excluding tert-OH is 1. The van der Waals surface area contributed by atoms with Crippen molar-refractivity contribution in [2.45, 2.75) is 6.61 Å². The van der Waals surface area contributed by atoms with Gasteiger partial charge in [-0.2, -0.15) is 0 Å². The molecular formula is C24H22N4O3S. The lowest BCUT2D eigenvalue weighted by Crippen LogP contribution is -2.50. The van der Waals surface area contributed by atoms with Gasteiger partial charge in [0.15, 0.2) is 0 Å². The number of rotatable bonds is 4. The molecule has 0 spiro atoms. The van der Waals surface area contributed by atoms with Crippen LogP contribution in [0.5, 0.6) is 0 Å². The number of hydrogen-bond donors (Lipinski definition) is 2. The summed E-state index contributed by atoms with van der Waals surface area (Å²) in [6.45, 7) is 2.01. The monoisotopic (exact) mass is 446 g/mol. The van der Waals surface area contributed by atoms with Gasteiger partial charge in [-0.05, 0) is 48.0 Å². The smallest absolute Gasteiger partial charge is 0.270 e. The molecule has 1 saturated heterocycles. The first kappa shape index (κ1) is 20.4. The molecule has 1 fully saturated rings. The van der Waals surface area contributed by atoms with Crippen molar-refractivity contribution in [2.75, 3.05) is 26.2 Å². The van der Waals surface area contributed by atoms with Crippen LogP contribution in [0.4, 0.5) is 0 Å². The molecule has 4 heterocycles. The van der Waals surface area contributed by atoms with E-state index in [1.165, 1.54) is 0 Å². The number of nitrogens with zero attached hydrogens (tertiary/aromatic N) is 3. The fourth-order valence-electron chi connectivity index (χ4n) is 3.93. The van der Waals surface area contributed by atoms with Crippen LogP contribution in [0.1, 0.15) is 25.7 Å². The number of carbonyl (C=O) groups is 2. The first-order valence-corrected chi connectivity index (χ1v) is 11.3. The van der Waals surface area contributed by atoms with Crippen LogP contribution in [0.3, 0.4) is 0 Å². The highest BCUT2D eigenvalue weighted by Gasteiger charge is 2.26. The molecule has 0 atom stereocenters. The molecule has 162 valence electrons. The van der Waals surface area contributed by atoms with Crippen molar-refractivity contribution in [1.29, 1.82) is 0 Å². The summed E-state index contributed by atoms with van der Waals surface area (Å²) in [5.41, 5.74) is 2.87. The minimum absolute atomic E-state index is 0.0271. The number of piperazine rings is 1. The minimum Gasteiger partial charge on any atom is -0.391 e. The summed E-state index contributed by atoms with van der Waals surface area (Å²) >= 11 is 1.54. The number of H-pyrrole nitrogens is 1. The van der Waals surface area contributed by atoms with E-state index < -0.39 is 0 Å². The fourth-order valence-corrected chi connectivity index (χ4v) is 4.81. The summed E-state index contributed by atoms with van der Waals surface area (Å²) in [5.74, 6) is -0.0988. The maximum atomic E-state index is 12.9. The number of amides is 2. The lowest BCUT2D eigenvalue weighted by atomic mass is 10.1. The van der Waals surface area contributed by atoms with E-state index in [1.54, 1.807) is 27.3 Å². The van der Waals surface area contributed by atoms with E-state index >= 15 is 0 Å². The molecule has 0 radical (unpaired) electrons. The van der Waals surface area contributed by atoms with E-state index in [-0.39, 0.29) is 18.4 Å². The van der Waals surface area contributed by atoms with Gasteiger partial charge in [0.2, 0.25) is 0 Å². The zero-order chi connectivity index (χ0) is 22.1. The predicted octanol–water partition coefficient (Wildman–Crippen LogP) is 3.38. The van der Waals surface area contributed by atoms with Crippen molar-refractivity contribution in [2.24, 2.45) is 0 Å². The van der Waals surface area contributed by atoms with Gasteiger partial charge in [-0.25, -0.2) is 4.98 Å². The molecule has 0 unspecified atom stereocenters. The predicted molar refractivity (Wildman–Crippen MR) is 124 cm³/mol. The van der Waals surface area contributed by atoms with E-state index in [2.05, 4.69) is 9.97 Å². The van der Waals surface area contributed by atoms with Crippen molar-refractivity contribution in [3.05, 3.63) is 76.9 Å². The highest BCUT2D eigenvalue weighted by Crippen LogP contribution is 2.28. The van der Waals surface area contributed by atoms with Gasteiger partial charge >= 0.3 is 0 Å². The molecule has 2 N–H and O–H groups in total. The van der Waals surface area contributed by atoms with Gasteiger partial charge in [-0.3, -0.25) is 9.59 Å². The number of thiophene rings is 1. The Hall–Kier alpha value is -3.49. The Balaban J connectivity index is 1.21. The largest absolute Gasteiger partial charge is 0.391 e. The maximum absolute atomic E-state index is 12.9. The Kier molecular flexibility index (Phi) is 5.46. The van der Waals surface area contributed by atoms with Crippen LogP contribution in [-0.4, -0.2) is 62.9 Å². The van der Waals surface area contributed by atoms with Crippen molar-refractivity contribution in [1.82, 2.24) is 19.8 Å². The SMILES string of the molecule is O=C(c1ccc(-c2ccc(CO)s2)cc1)N1CCN(C(=O)c2cc3cccnc3[nH]2)CC1. The first-order valence-electron chi connectivity index (χ1n) is 10.4. The summed E-state index contributed by atoms with van der Waals surface area (Å²) in [7, 11) is 0. The fraction of sp³-hybridized carbons (Fsp3) is 0.208. The molecule has 0 bridgehead atoms. The van der Waals surface area contributed by atoms with Gasteiger partial charge in [0.1, 0.15) is 11.3 Å². The van der Waals surface area contributed by atoms with Crippen LogP contribution >= 0.6 is 11.3 Å². The Morgan fingerprint density at radius 3 is 2.34 bits per heavy atom. The van der Waals surface area contributed by atoms with Gasteiger partial charge in [0.25, 0.3) is 11.8 Å². The number of benzene rings is 1. The molecule has 8 heteroatoms. The van der Waals surface area contributed by atoms with Gasteiger partial charge < -0.3 is 19.9 Å². The molecular weight excluding hydrogens is 424 g/mol. The van der Waals surface area contributed by atoms with Crippen LogP contribution in [0.15, 0.2) is 60.8 Å². The average Bonchev–Trinajstić information content (AvgIpc) is 3.50. The Bertz CT molecular complexity index is 1240. The zero-order valence-electron chi connectivity index (χ0n) is 17.3. The molecule has 1 aliphatic heterocycles. The minimum atomic E-state index is -0.0716. The van der Waals surface area contributed by atoms with E-state index in [9.17, 15) is 14.7 Å². The number of aromatic nitrogens is 2. The van der Waals surface area contributed by atoms with E-state index in [4.69, 9.17) is 0 Å². The van der Waals surface area contributed by atoms with Crippen molar-refractivity contribution >= 4 is 34.2 Å². The summed E-state index contributed by atoms with van der Waals surface area (Å²) < 4.78 is 0. The molecule has 1 aliphatic rings. The van der Waals surface area contributed by atoms with Crippen LogP contribution < -0.4 is 0 Å². The average molecular weight is 447 g/mol. The van der Waals surface area contributed by atoms with Gasteiger partial charge in [0, 0.05) is 53.1 Å². The Morgan fingerprint density at radius 1 is 0.969 bits per heavy atom. The lowest BCUT2D eigenvalue weighted by molar-refractivity contribution is 0.0533. The van der Waals surface area contributed by atoms with Gasteiger partial charge in [-0.1, -0.05) is 12.1 Å². The second-order valence-corrected chi connectivity index (χ2v) is 8.88. The van der Waals surface area contributed by atoms with Crippen LogP contribution in [0.25, 0.3) is 21.5 Å². The van der Waals surface area contributed by atoms with E-state index in [1.807, 2.05) is 54.6 Å². The third-order valence-electron chi connectivity index (χ3n) is 5.71. The zero-order valence-corrected chi connectivity index (χ0v) is 18.1. The topological polar surface area (TPSA) is 89.5 Å². The first-order chi connectivity index (χ1) is 15.6. The molecule has 7 nitrogen and oxygen atoms in total. The Labute approximate surface area is 188 Å². The number of aliphatic hydroxyl groups is 1.